The number of aryl methyl sites for hydroxylation is 1. The van der Waals surface area contributed by atoms with Crippen LogP contribution in [0.25, 0.3) is 0 Å². The zero-order valence-electron chi connectivity index (χ0n) is 17.5. The van der Waals surface area contributed by atoms with Crippen LogP contribution in [0.3, 0.4) is 0 Å². The van der Waals surface area contributed by atoms with Crippen molar-refractivity contribution < 1.29 is 9.59 Å². The van der Waals surface area contributed by atoms with Gasteiger partial charge in [-0.3, -0.25) is 9.59 Å². The molecule has 0 saturated carbocycles. The molecule has 1 N–H and O–H groups in total. The van der Waals surface area contributed by atoms with E-state index in [2.05, 4.69) is 24.1 Å². The first-order chi connectivity index (χ1) is 14.1. The number of carbonyl (C=O) groups excluding carboxylic acids is 2. The lowest BCUT2D eigenvalue weighted by atomic mass is 10.1. The largest absolute Gasteiger partial charge is 0.368 e. The number of amides is 2. The Morgan fingerprint density at radius 2 is 1.55 bits per heavy atom. The molecule has 1 aliphatic rings. The lowest BCUT2D eigenvalue weighted by Gasteiger charge is -2.36. The first-order valence-electron chi connectivity index (χ1n) is 10.6. The van der Waals surface area contributed by atoms with E-state index in [1.54, 1.807) is 0 Å². The van der Waals surface area contributed by atoms with E-state index in [4.69, 9.17) is 0 Å². The van der Waals surface area contributed by atoms with Gasteiger partial charge in [0, 0.05) is 49.5 Å². The Labute approximate surface area is 173 Å². The van der Waals surface area contributed by atoms with Gasteiger partial charge in [0.05, 0.1) is 0 Å². The molecule has 154 valence electrons. The smallest absolute Gasteiger partial charge is 0.253 e. The molecule has 1 saturated heterocycles. The molecule has 1 fully saturated rings. The predicted molar refractivity (Wildman–Crippen MR) is 119 cm³/mol. The zero-order chi connectivity index (χ0) is 20.6. The van der Waals surface area contributed by atoms with Gasteiger partial charge in [-0.2, -0.15) is 0 Å². The summed E-state index contributed by atoms with van der Waals surface area (Å²) in [7, 11) is 0. The number of hydrogen-bond donors (Lipinski definition) is 1. The summed E-state index contributed by atoms with van der Waals surface area (Å²) in [5.41, 5.74) is 3.96. The minimum atomic E-state index is 0.0682. The van der Waals surface area contributed by atoms with Crippen molar-refractivity contribution in [3.05, 3.63) is 59.7 Å². The van der Waals surface area contributed by atoms with E-state index in [9.17, 15) is 9.59 Å². The maximum absolute atomic E-state index is 12.7. The molecule has 1 aliphatic heterocycles. The summed E-state index contributed by atoms with van der Waals surface area (Å²) in [6.07, 6.45) is 3.48. The third-order valence-corrected chi connectivity index (χ3v) is 5.45. The molecule has 2 aromatic rings. The van der Waals surface area contributed by atoms with Crippen molar-refractivity contribution in [3.8, 4) is 0 Å². The average molecular weight is 394 g/mol. The summed E-state index contributed by atoms with van der Waals surface area (Å²) in [5.74, 6) is 0.177. The number of unbranched alkanes of at least 4 members (excludes halogenated alkanes) is 1. The van der Waals surface area contributed by atoms with Crippen molar-refractivity contribution >= 4 is 23.2 Å². The number of anilines is 2. The Hall–Kier alpha value is -2.82. The van der Waals surface area contributed by atoms with Crippen molar-refractivity contribution in [2.75, 3.05) is 36.4 Å². The standard InChI is InChI=1S/C24H31N3O2/c1-3-5-6-23(28)25-21-11-13-22(14-12-21)26-15-17-27(18-16-26)24(29)20-9-7-19(4-2)8-10-20/h7-14H,3-6,15-18H2,1-2H3,(H,25,28). The van der Waals surface area contributed by atoms with Gasteiger partial charge in [-0.1, -0.05) is 32.4 Å². The van der Waals surface area contributed by atoms with Crippen molar-refractivity contribution in [2.24, 2.45) is 0 Å². The van der Waals surface area contributed by atoms with Crippen LogP contribution in [0.4, 0.5) is 11.4 Å². The molecule has 0 aliphatic carbocycles. The highest BCUT2D eigenvalue weighted by Crippen LogP contribution is 2.20. The lowest BCUT2D eigenvalue weighted by Crippen LogP contribution is -2.48. The van der Waals surface area contributed by atoms with Crippen LogP contribution in [0, 0.1) is 0 Å². The van der Waals surface area contributed by atoms with Gasteiger partial charge in [0.1, 0.15) is 0 Å². The minimum absolute atomic E-state index is 0.0682. The normalized spacial score (nSPS) is 14.0. The number of hydrogen-bond acceptors (Lipinski definition) is 3. The molecular weight excluding hydrogens is 362 g/mol. The van der Waals surface area contributed by atoms with E-state index in [1.165, 1.54) is 5.56 Å². The molecule has 0 atom stereocenters. The predicted octanol–water partition coefficient (Wildman–Crippen LogP) is 4.34. The van der Waals surface area contributed by atoms with Gasteiger partial charge in [-0.25, -0.2) is 0 Å². The number of piperazine rings is 1. The molecular formula is C24H31N3O2. The second-order valence-electron chi connectivity index (χ2n) is 7.53. The highest BCUT2D eigenvalue weighted by Gasteiger charge is 2.22. The molecule has 0 bridgehead atoms. The lowest BCUT2D eigenvalue weighted by molar-refractivity contribution is -0.116. The average Bonchev–Trinajstić information content (AvgIpc) is 2.78. The maximum Gasteiger partial charge on any atom is 0.253 e. The molecule has 2 aromatic carbocycles. The zero-order valence-corrected chi connectivity index (χ0v) is 17.5. The molecule has 0 unspecified atom stereocenters. The summed E-state index contributed by atoms with van der Waals surface area (Å²) in [4.78, 5) is 28.8. The molecule has 0 radical (unpaired) electrons. The Morgan fingerprint density at radius 1 is 0.897 bits per heavy atom. The number of carbonyl (C=O) groups is 2. The van der Waals surface area contributed by atoms with E-state index in [0.717, 1.165) is 49.3 Å². The number of benzene rings is 2. The van der Waals surface area contributed by atoms with Crippen molar-refractivity contribution in [2.45, 2.75) is 39.5 Å². The Balaban J connectivity index is 1.52. The van der Waals surface area contributed by atoms with Crippen molar-refractivity contribution in [3.63, 3.8) is 0 Å². The topological polar surface area (TPSA) is 52.7 Å². The van der Waals surface area contributed by atoms with Crippen LogP contribution in [0.2, 0.25) is 0 Å². The number of rotatable bonds is 7. The molecule has 0 spiro atoms. The van der Waals surface area contributed by atoms with Crippen LogP contribution in [0.5, 0.6) is 0 Å². The van der Waals surface area contributed by atoms with E-state index < -0.39 is 0 Å². The Bertz CT molecular complexity index is 807. The van der Waals surface area contributed by atoms with Crippen LogP contribution in [0.15, 0.2) is 48.5 Å². The number of nitrogens with zero attached hydrogens (tertiary/aromatic N) is 2. The van der Waals surface area contributed by atoms with Gasteiger partial charge in [-0.15, -0.1) is 0 Å². The Morgan fingerprint density at radius 3 is 2.14 bits per heavy atom. The fourth-order valence-electron chi connectivity index (χ4n) is 3.55. The molecule has 5 heteroatoms. The monoisotopic (exact) mass is 393 g/mol. The van der Waals surface area contributed by atoms with Crippen LogP contribution in [-0.4, -0.2) is 42.9 Å². The van der Waals surface area contributed by atoms with Crippen LogP contribution >= 0.6 is 0 Å². The highest BCUT2D eigenvalue weighted by molar-refractivity contribution is 5.94. The van der Waals surface area contributed by atoms with Gasteiger partial charge in [0.2, 0.25) is 5.91 Å². The second kappa shape index (κ2) is 10.1. The van der Waals surface area contributed by atoms with E-state index in [-0.39, 0.29) is 11.8 Å². The van der Waals surface area contributed by atoms with Crippen molar-refractivity contribution in [1.82, 2.24) is 4.90 Å². The van der Waals surface area contributed by atoms with Gasteiger partial charge in [-0.05, 0) is 54.8 Å². The third-order valence-electron chi connectivity index (χ3n) is 5.45. The summed E-state index contributed by atoms with van der Waals surface area (Å²) >= 11 is 0. The van der Waals surface area contributed by atoms with Gasteiger partial charge >= 0.3 is 0 Å². The summed E-state index contributed by atoms with van der Waals surface area (Å²) in [5, 5.41) is 2.94. The summed E-state index contributed by atoms with van der Waals surface area (Å²) < 4.78 is 0. The Kier molecular flexibility index (Phi) is 7.28. The molecule has 1 heterocycles. The van der Waals surface area contributed by atoms with Crippen LogP contribution in [0.1, 0.15) is 49.0 Å². The number of nitrogens with one attached hydrogen (secondary N) is 1. The van der Waals surface area contributed by atoms with E-state index in [0.29, 0.717) is 19.5 Å². The summed E-state index contributed by atoms with van der Waals surface area (Å²) in [6, 6.07) is 15.9. The minimum Gasteiger partial charge on any atom is -0.368 e. The fourth-order valence-corrected chi connectivity index (χ4v) is 3.55. The van der Waals surface area contributed by atoms with Gasteiger partial charge in [0.15, 0.2) is 0 Å². The molecule has 2 amide bonds. The first-order valence-corrected chi connectivity index (χ1v) is 10.6. The van der Waals surface area contributed by atoms with Crippen molar-refractivity contribution in [1.29, 1.82) is 0 Å². The van der Waals surface area contributed by atoms with Crippen LogP contribution in [-0.2, 0) is 11.2 Å². The first kappa shape index (κ1) is 20.9. The van der Waals surface area contributed by atoms with E-state index >= 15 is 0 Å². The fraction of sp³-hybridized carbons (Fsp3) is 0.417. The third kappa shape index (κ3) is 5.59. The van der Waals surface area contributed by atoms with E-state index in [1.807, 2.05) is 53.4 Å². The molecule has 0 aromatic heterocycles. The summed E-state index contributed by atoms with van der Waals surface area (Å²) in [6.45, 7) is 7.23. The van der Waals surface area contributed by atoms with Gasteiger partial charge in [0.25, 0.3) is 5.91 Å². The maximum atomic E-state index is 12.7. The highest BCUT2D eigenvalue weighted by atomic mass is 16.2. The quantitative estimate of drug-likeness (QED) is 0.761. The SMILES string of the molecule is CCCCC(=O)Nc1ccc(N2CCN(C(=O)c3ccc(CC)cc3)CC2)cc1. The van der Waals surface area contributed by atoms with Crippen LogP contribution < -0.4 is 10.2 Å². The molecule has 3 rings (SSSR count). The molecule has 29 heavy (non-hydrogen) atoms. The van der Waals surface area contributed by atoms with Gasteiger partial charge < -0.3 is 15.1 Å². The molecule has 5 nitrogen and oxygen atoms in total. The second-order valence-corrected chi connectivity index (χ2v) is 7.53.